The Bertz CT molecular complexity index is 174. The van der Waals surface area contributed by atoms with Gasteiger partial charge in [0.2, 0.25) is 0 Å². The summed E-state index contributed by atoms with van der Waals surface area (Å²) >= 11 is 6.17. The first kappa shape index (κ1) is 8.13. The molecule has 0 aromatic heterocycles. The molecule has 0 nitrogen and oxygen atoms in total. The van der Waals surface area contributed by atoms with E-state index in [2.05, 4.69) is 24.3 Å². The Balaban J connectivity index is 2.43. The predicted octanol–water partition coefficient (Wildman–Crippen LogP) is 2.09. The third-order valence-electron chi connectivity index (χ3n) is 1.19. The fourth-order valence-electron chi connectivity index (χ4n) is 0.731. The van der Waals surface area contributed by atoms with E-state index in [1.54, 1.807) is 0 Å². The molecule has 0 fully saturated rings. The Morgan fingerprint density at radius 3 is 2.50 bits per heavy atom. The average Bonchev–Trinajstić information content (AvgIpc) is 2.03. The molecule has 0 aliphatic rings. The average molecular weight is 220 g/mol. The van der Waals surface area contributed by atoms with E-state index in [0.717, 1.165) is 10.1 Å². The van der Waals surface area contributed by atoms with Crippen molar-refractivity contribution in [3.63, 3.8) is 0 Å². The molecular weight excluding hydrogens is 211 g/mol. The van der Waals surface area contributed by atoms with E-state index in [1.807, 2.05) is 6.07 Å². The van der Waals surface area contributed by atoms with Crippen molar-refractivity contribution in [1.82, 2.24) is 0 Å². The zero-order chi connectivity index (χ0) is 7.23. The van der Waals surface area contributed by atoms with Crippen LogP contribution in [0.1, 0.15) is 5.56 Å². The third-order valence-corrected chi connectivity index (χ3v) is 3.44. The van der Waals surface area contributed by atoms with Gasteiger partial charge < -0.3 is 0 Å². The topological polar surface area (TPSA) is 0 Å². The summed E-state index contributed by atoms with van der Waals surface area (Å²) in [4.78, 5) is 0. The van der Waals surface area contributed by atoms with Gasteiger partial charge in [-0.05, 0) is 0 Å². The van der Waals surface area contributed by atoms with Gasteiger partial charge in [0.25, 0.3) is 0 Å². The maximum atomic E-state index is 5.58. The summed E-state index contributed by atoms with van der Waals surface area (Å²) in [5, 5.41) is 1.16. The molecule has 1 aromatic rings. The predicted molar refractivity (Wildman–Crippen MR) is 46.6 cm³/mol. The van der Waals surface area contributed by atoms with Crippen molar-refractivity contribution >= 4 is 26.6 Å². The van der Waals surface area contributed by atoms with E-state index in [9.17, 15) is 0 Å². The van der Waals surface area contributed by atoms with Gasteiger partial charge >= 0.3 is 72.6 Å². The summed E-state index contributed by atoms with van der Waals surface area (Å²) in [5.74, 6) is 0. The fourth-order valence-corrected chi connectivity index (χ4v) is 2.19. The maximum absolute atomic E-state index is 5.58. The Labute approximate surface area is 72.7 Å². The normalized spacial score (nSPS) is 9.70. The number of benzene rings is 1. The van der Waals surface area contributed by atoms with Crippen molar-refractivity contribution in [2.75, 3.05) is 4.78 Å². The molecule has 0 bridgehead atoms. The molecule has 0 radical (unpaired) electrons. The van der Waals surface area contributed by atoms with Crippen molar-refractivity contribution < 1.29 is 0 Å². The van der Waals surface area contributed by atoms with Crippen molar-refractivity contribution in [3.05, 3.63) is 35.9 Å². The second-order valence-corrected chi connectivity index (χ2v) is 5.00. The van der Waals surface area contributed by atoms with Crippen LogP contribution in [-0.4, -0.2) is 19.7 Å². The first-order valence-electron chi connectivity index (χ1n) is 3.11. The van der Waals surface area contributed by atoms with Crippen LogP contribution in [0.4, 0.5) is 0 Å². The van der Waals surface area contributed by atoms with Crippen molar-refractivity contribution in [3.8, 4) is 0 Å². The van der Waals surface area contributed by atoms with Crippen molar-refractivity contribution in [2.45, 2.75) is 5.32 Å². The number of hydrogen-bond acceptors (Lipinski definition) is 0. The Morgan fingerprint density at radius 1 is 1.20 bits per heavy atom. The molecule has 0 atom stereocenters. The van der Waals surface area contributed by atoms with Crippen LogP contribution in [0.5, 0.6) is 0 Å². The van der Waals surface area contributed by atoms with E-state index in [4.69, 9.17) is 11.6 Å². The first-order valence-corrected chi connectivity index (χ1v) is 6.07. The van der Waals surface area contributed by atoms with Gasteiger partial charge in [-0.3, -0.25) is 0 Å². The number of rotatable bonds is 3. The van der Waals surface area contributed by atoms with Crippen molar-refractivity contribution in [1.29, 1.82) is 0 Å². The summed E-state index contributed by atoms with van der Waals surface area (Å²) in [6.07, 6.45) is 0. The van der Waals surface area contributed by atoms with Crippen LogP contribution in [0.15, 0.2) is 30.3 Å². The minimum absolute atomic E-state index is 0.586. The molecule has 0 saturated carbocycles. The van der Waals surface area contributed by atoms with Gasteiger partial charge in [-0.15, -0.1) is 0 Å². The molecule has 1 rings (SSSR count). The van der Waals surface area contributed by atoms with Gasteiger partial charge in [0.05, 0.1) is 0 Å². The van der Waals surface area contributed by atoms with Crippen LogP contribution < -0.4 is 0 Å². The van der Waals surface area contributed by atoms with Crippen LogP contribution in [0.3, 0.4) is 0 Å². The first-order chi connectivity index (χ1) is 4.93. The number of halogens is 1. The van der Waals surface area contributed by atoms with Crippen LogP contribution in [0.2, 0.25) is 0 Å². The Morgan fingerprint density at radius 2 is 1.90 bits per heavy atom. The summed E-state index contributed by atoms with van der Waals surface area (Å²) < 4.78 is 0.821. The summed E-state index contributed by atoms with van der Waals surface area (Å²) in [5.41, 5.74) is 1.41. The molecule has 0 aliphatic carbocycles. The minimum atomic E-state index is 0.586. The summed E-state index contributed by atoms with van der Waals surface area (Å²) in [6, 6.07) is 10.5. The second-order valence-electron chi connectivity index (χ2n) is 1.94. The SMILES string of the molecule is ClC[Se]Cc1ccccc1. The zero-order valence-electron chi connectivity index (χ0n) is 5.59. The zero-order valence-corrected chi connectivity index (χ0v) is 8.06. The Kier molecular flexibility index (Phi) is 3.89. The molecule has 0 amide bonds. The molecule has 0 unspecified atom stereocenters. The molecule has 54 valence electrons. The third kappa shape index (κ3) is 2.74. The monoisotopic (exact) mass is 220 g/mol. The van der Waals surface area contributed by atoms with Crippen LogP contribution in [-0.2, 0) is 5.32 Å². The molecule has 0 N–H and O–H groups in total. The van der Waals surface area contributed by atoms with Gasteiger partial charge in [-0.25, -0.2) is 0 Å². The molecule has 0 aliphatic heterocycles. The summed E-state index contributed by atoms with van der Waals surface area (Å²) in [7, 11) is 0. The van der Waals surface area contributed by atoms with E-state index < -0.39 is 0 Å². The van der Waals surface area contributed by atoms with Crippen molar-refractivity contribution in [2.24, 2.45) is 0 Å². The van der Waals surface area contributed by atoms with Gasteiger partial charge in [-0.2, -0.15) is 0 Å². The standard InChI is InChI=1S/C8H9ClSe/c9-7-10-6-8-4-2-1-3-5-8/h1-5H,6-7H2. The molecular formula is C8H9ClSe. The van der Waals surface area contributed by atoms with E-state index in [1.165, 1.54) is 5.56 Å². The van der Waals surface area contributed by atoms with E-state index in [0.29, 0.717) is 15.0 Å². The van der Waals surface area contributed by atoms with Crippen LogP contribution in [0.25, 0.3) is 0 Å². The van der Waals surface area contributed by atoms with Gasteiger partial charge in [0.1, 0.15) is 0 Å². The number of hydrogen-bond donors (Lipinski definition) is 0. The van der Waals surface area contributed by atoms with Gasteiger partial charge in [-0.1, -0.05) is 0 Å². The number of alkyl halides is 1. The molecule has 10 heavy (non-hydrogen) atoms. The molecule has 0 saturated heterocycles. The van der Waals surface area contributed by atoms with E-state index >= 15 is 0 Å². The van der Waals surface area contributed by atoms with Crippen LogP contribution >= 0.6 is 11.6 Å². The van der Waals surface area contributed by atoms with E-state index in [-0.39, 0.29) is 0 Å². The quantitative estimate of drug-likeness (QED) is 0.539. The van der Waals surface area contributed by atoms with Gasteiger partial charge in [0, 0.05) is 0 Å². The molecule has 2 heteroatoms. The fraction of sp³-hybridized carbons (Fsp3) is 0.250. The second kappa shape index (κ2) is 4.79. The molecule has 0 heterocycles. The molecule has 1 aromatic carbocycles. The summed E-state index contributed by atoms with van der Waals surface area (Å²) in [6.45, 7) is 0. The van der Waals surface area contributed by atoms with Crippen LogP contribution in [0, 0.1) is 0 Å². The van der Waals surface area contributed by atoms with Gasteiger partial charge in [0.15, 0.2) is 0 Å². The molecule has 0 spiro atoms. The Hall–Kier alpha value is 0.0295.